The maximum absolute atomic E-state index is 4.46. The number of aliphatic imine (C=N–C) groups is 1. The first kappa shape index (κ1) is 25.1. The lowest BCUT2D eigenvalue weighted by atomic mass is 10.0. The normalized spacial score (nSPS) is 18.1. The van der Waals surface area contributed by atoms with Crippen LogP contribution in [0.2, 0.25) is 0 Å². The lowest BCUT2D eigenvalue weighted by Crippen LogP contribution is -2.47. The molecule has 7 heteroatoms. The average Bonchev–Trinajstić information content (AvgIpc) is 3.27. The fraction of sp³-hybridized carbons (Fsp3) is 0.522. The van der Waals surface area contributed by atoms with E-state index in [0.717, 1.165) is 58.1 Å². The van der Waals surface area contributed by atoms with Gasteiger partial charge in [0.15, 0.2) is 5.96 Å². The van der Waals surface area contributed by atoms with Crippen LogP contribution in [0.15, 0.2) is 52.8 Å². The summed E-state index contributed by atoms with van der Waals surface area (Å²) in [5.41, 5.74) is 1.43. The van der Waals surface area contributed by atoms with Gasteiger partial charge in [0, 0.05) is 64.3 Å². The molecule has 166 valence electrons. The highest BCUT2D eigenvalue weighted by atomic mass is 127. The maximum atomic E-state index is 4.46. The molecule has 1 aliphatic rings. The van der Waals surface area contributed by atoms with E-state index in [4.69, 9.17) is 0 Å². The molecule has 0 saturated carbocycles. The average molecular weight is 542 g/mol. The number of halogens is 1. The SMILES string of the molecule is CN=C(NCCCN1CCN(C)CC1c1ccccc1)N(C)CCc1cccs1.I. The Balaban J connectivity index is 0.00000320. The van der Waals surface area contributed by atoms with Crippen molar-refractivity contribution in [1.29, 1.82) is 0 Å². The highest BCUT2D eigenvalue weighted by Crippen LogP contribution is 2.24. The van der Waals surface area contributed by atoms with E-state index < -0.39 is 0 Å². The van der Waals surface area contributed by atoms with Gasteiger partial charge >= 0.3 is 0 Å². The minimum atomic E-state index is 0. The number of nitrogens with zero attached hydrogens (tertiary/aromatic N) is 4. The molecular formula is C23H36IN5S. The zero-order chi connectivity index (χ0) is 20.5. The third-order valence-corrected chi connectivity index (χ3v) is 6.57. The van der Waals surface area contributed by atoms with E-state index in [-0.39, 0.29) is 24.0 Å². The molecule has 0 amide bonds. The molecule has 5 nitrogen and oxygen atoms in total. The summed E-state index contributed by atoms with van der Waals surface area (Å²) >= 11 is 1.82. The van der Waals surface area contributed by atoms with Crippen molar-refractivity contribution in [3.05, 3.63) is 58.3 Å². The molecule has 1 aromatic carbocycles. The molecule has 1 saturated heterocycles. The number of thiophene rings is 1. The molecule has 1 N–H and O–H groups in total. The number of piperazine rings is 1. The van der Waals surface area contributed by atoms with Crippen LogP contribution in [0, 0.1) is 0 Å². The second kappa shape index (κ2) is 13.3. The van der Waals surface area contributed by atoms with Crippen molar-refractivity contribution in [2.24, 2.45) is 4.99 Å². The summed E-state index contributed by atoms with van der Waals surface area (Å²) in [5.74, 6) is 0.986. The smallest absolute Gasteiger partial charge is 0.193 e. The minimum absolute atomic E-state index is 0. The van der Waals surface area contributed by atoms with Gasteiger partial charge in [0.05, 0.1) is 0 Å². The first-order valence-corrected chi connectivity index (χ1v) is 11.5. The van der Waals surface area contributed by atoms with Crippen molar-refractivity contribution in [2.75, 3.05) is 60.4 Å². The van der Waals surface area contributed by atoms with Crippen LogP contribution in [-0.4, -0.2) is 81.1 Å². The van der Waals surface area contributed by atoms with Crippen molar-refractivity contribution in [1.82, 2.24) is 20.0 Å². The van der Waals surface area contributed by atoms with Crippen LogP contribution in [0.25, 0.3) is 0 Å². The van der Waals surface area contributed by atoms with E-state index in [1.54, 1.807) is 0 Å². The van der Waals surface area contributed by atoms with Gasteiger partial charge in [-0.15, -0.1) is 35.3 Å². The quantitative estimate of drug-likeness (QED) is 0.239. The van der Waals surface area contributed by atoms with Crippen molar-refractivity contribution in [3.8, 4) is 0 Å². The van der Waals surface area contributed by atoms with Crippen LogP contribution in [0.1, 0.15) is 22.9 Å². The van der Waals surface area contributed by atoms with Crippen LogP contribution in [-0.2, 0) is 6.42 Å². The molecular weight excluding hydrogens is 505 g/mol. The zero-order valence-electron chi connectivity index (χ0n) is 18.5. The maximum Gasteiger partial charge on any atom is 0.193 e. The fourth-order valence-electron chi connectivity index (χ4n) is 3.92. The Bertz CT molecular complexity index is 737. The van der Waals surface area contributed by atoms with Crippen molar-refractivity contribution in [2.45, 2.75) is 18.9 Å². The number of guanidine groups is 1. The lowest BCUT2D eigenvalue weighted by Gasteiger charge is -2.40. The minimum Gasteiger partial charge on any atom is -0.356 e. The number of nitrogens with one attached hydrogen (secondary N) is 1. The summed E-state index contributed by atoms with van der Waals surface area (Å²) in [5, 5.41) is 5.69. The van der Waals surface area contributed by atoms with E-state index in [2.05, 4.69) is 86.9 Å². The number of likely N-dealkylation sites (N-methyl/N-ethyl adjacent to an activating group) is 2. The largest absolute Gasteiger partial charge is 0.356 e. The van der Waals surface area contributed by atoms with Crippen LogP contribution in [0.5, 0.6) is 0 Å². The summed E-state index contributed by atoms with van der Waals surface area (Å²) < 4.78 is 0. The van der Waals surface area contributed by atoms with Crippen LogP contribution in [0.4, 0.5) is 0 Å². The van der Waals surface area contributed by atoms with Gasteiger partial charge in [0.2, 0.25) is 0 Å². The molecule has 1 unspecified atom stereocenters. The summed E-state index contributed by atoms with van der Waals surface area (Å²) in [6.07, 6.45) is 2.18. The molecule has 0 bridgehead atoms. The van der Waals surface area contributed by atoms with Crippen molar-refractivity contribution >= 4 is 41.3 Å². The molecule has 2 aromatic rings. The highest BCUT2D eigenvalue weighted by Gasteiger charge is 2.25. The second-order valence-corrected chi connectivity index (χ2v) is 8.84. The molecule has 1 aliphatic heterocycles. The Morgan fingerprint density at radius 2 is 2.00 bits per heavy atom. The molecule has 0 spiro atoms. The molecule has 30 heavy (non-hydrogen) atoms. The third-order valence-electron chi connectivity index (χ3n) is 5.63. The van der Waals surface area contributed by atoms with Gasteiger partial charge in [-0.05, 0) is 36.9 Å². The number of hydrogen-bond donors (Lipinski definition) is 1. The number of benzene rings is 1. The van der Waals surface area contributed by atoms with E-state index in [0.29, 0.717) is 6.04 Å². The third kappa shape index (κ3) is 7.51. The molecule has 1 aromatic heterocycles. The summed E-state index contributed by atoms with van der Waals surface area (Å²) in [7, 11) is 6.22. The molecule has 2 heterocycles. The summed E-state index contributed by atoms with van der Waals surface area (Å²) in [6.45, 7) is 6.41. The van der Waals surface area contributed by atoms with Crippen LogP contribution in [0.3, 0.4) is 0 Å². The van der Waals surface area contributed by atoms with Crippen molar-refractivity contribution in [3.63, 3.8) is 0 Å². The lowest BCUT2D eigenvalue weighted by molar-refractivity contribution is 0.0891. The van der Waals surface area contributed by atoms with Crippen molar-refractivity contribution < 1.29 is 0 Å². The zero-order valence-corrected chi connectivity index (χ0v) is 21.6. The van der Waals surface area contributed by atoms with Gasteiger partial charge < -0.3 is 15.1 Å². The van der Waals surface area contributed by atoms with E-state index in [9.17, 15) is 0 Å². The molecule has 1 fully saturated rings. The predicted octanol–water partition coefficient (Wildman–Crippen LogP) is 3.79. The Morgan fingerprint density at radius 3 is 2.70 bits per heavy atom. The van der Waals surface area contributed by atoms with Gasteiger partial charge in [-0.3, -0.25) is 9.89 Å². The molecule has 3 rings (SSSR count). The van der Waals surface area contributed by atoms with E-state index in [1.807, 2.05) is 18.4 Å². The summed E-state index contributed by atoms with van der Waals surface area (Å²) in [4.78, 5) is 13.2. The first-order chi connectivity index (χ1) is 14.2. The fourth-order valence-corrected chi connectivity index (χ4v) is 4.62. The van der Waals surface area contributed by atoms with Gasteiger partial charge in [0.25, 0.3) is 0 Å². The van der Waals surface area contributed by atoms with Gasteiger partial charge in [-0.1, -0.05) is 36.4 Å². The number of rotatable bonds is 8. The Hall–Kier alpha value is -1.16. The Kier molecular flexibility index (Phi) is 11.1. The van der Waals surface area contributed by atoms with Gasteiger partial charge in [0.1, 0.15) is 0 Å². The topological polar surface area (TPSA) is 34.1 Å². The second-order valence-electron chi connectivity index (χ2n) is 7.80. The monoisotopic (exact) mass is 541 g/mol. The summed E-state index contributed by atoms with van der Waals surface area (Å²) in [6, 6.07) is 15.7. The molecule has 1 atom stereocenters. The standard InChI is InChI=1S/C23H35N5S.HI/c1-24-23(27(3)15-12-21-11-7-18-29-21)25-13-8-14-28-17-16-26(2)19-22(28)20-9-5-4-6-10-20;/h4-7,9-11,18,22H,8,12-17,19H2,1-3H3,(H,24,25);1H. The Morgan fingerprint density at radius 1 is 1.20 bits per heavy atom. The van der Waals surface area contributed by atoms with E-state index in [1.165, 1.54) is 10.4 Å². The highest BCUT2D eigenvalue weighted by molar-refractivity contribution is 14.0. The molecule has 0 radical (unpaired) electrons. The number of hydrogen-bond acceptors (Lipinski definition) is 4. The van der Waals surface area contributed by atoms with E-state index >= 15 is 0 Å². The molecule has 0 aliphatic carbocycles. The van der Waals surface area contributed by atoms with Gasteiger partial charge in [-0.2, -0.15) is 0 Å². The first-order valence-electron chi connectivity index (χ1n) is 10.6. The van der Waals surface area contributed by atoms with Crippen LogP contribution < -0.4 is 5.32 Å². The Labute approximate surface area is 203 Å². The predicted molar refractivity (Wildman–Crippen MR) is 140 cm³/mol. The van der Waals surface area contributed by atoms with Crippen LogP contribution >= 0.6 is 35.3 Å². The van der Waals surface area contributed by atoms with Gasteiger partial charge in [-0.25, -0.2) is 0 Å².